The van der Waals surface area contributed by atoms with Crippen LogP contribution in [0.2, 0.25) is 0 Å². The van der Waals surface area contributed by atoms with Gasteiger partial charge in [0.1, 0.15) is 6.61 Å². The average molecular weight is 250 g/mol. The van der Waals surface area contributed by atoms with Crippen molar-refractivity contribution in [3.8, 4) is 0 Å². The van der Waals surface area contributed by atoms with Gasteiger partial charge in [0.05, 0.1) is 0 Å². The molecule has 1 aromatic carbocycles. The zero-order valence-corrected chi connectivity index (χ0v) is 11.6. The zero-order chi connectivity index (χ0) is 13.5. The summed E-state index contributed by atoms with van der Waals surface area (Å²) < 4.78 is 4.88. The molecule has 0 saturated carbocycles. The molecular formula is C14H22N2O2. The maximum atomic E-state index is 11.7. The predicted octanol–water partition coefficient (Wildman–Crippen LogP) is 1.75. The maximum absolute atomic E-state index is 11.7. The van der Waals surface area contributed by atoms with Crippen LogP contribution in [0.25, 0.3) is 0 Å². The quantitative estimate of drug-likeness (QED) is 0.771. The van der Waals surface area contributed by atoms with E-state index in [0.29, 0.717) is 13.1 Å². The van der Waals surface area contributed by atoms with Crippen molar-refractivity contribution in [3.05, 3.63) is 29.8 Å². The Kier molecular flexibility index (Phi) is 5.65. The van der Waals surface area contributed by atoms with Crippen molar-refractivity contribution in [1.82, 2.24) is 4.90 Å². The number of likely N-dealkylation sites (N-methyl/N-ethyl adjacent to an activating group) is 1. The summed E-state index contributed by atoms with van der Waals surface area (Å²) in [6.07, 6.45) is 0. The van der Waals surface area contributed by atoms with E-state index in [9.17, 15) is 4.79 Å². The minimum absolute atomic E-state index is 0.0247. The van der Waals surface area contributed by atoms with Gasteiger partial charge in [0.2, 0.25) is 5.91 Å². The van der Waals surface area contributed by atoms with E-state index in [2.05, 4.69) is 29.2 Å². The Morgan fingerprint density at radius 2 is 1.83 bits per heavy atom. The summed E-state index contributed by atoms with van der Waals surface area (Å²) in [7, 11) is 5.56. The van der Waals surface area contributed by atoms with Crippen molar-refractivity contribution in [2.75, 3.05) is 39.3 Å². The number of carbonyl (C=O) groups is 1. The van der Waals surface area contributed by atoms with Crippen molar-refractivity contribution in [2.45, 2.75) is 13.5 Å². The smallest absolute Gasteiger partial charge is 0.248 e. The Bertz CT molecular complexity index is 374. The number of carbonyl (C=O) groups excluding carboxylic acids is 1. The minimum Gasteiger partial charge on any atom is -0.378 e. The van der Waals surface area contributed by atoms with Gasteiger partial charge in [0.15, 0.2) is 0 Å². The SMILES string of the molecule is CCN(Cc1ccc(N(C)C)cc1)C(=O)COC. The highest BCUT2D eigenvalue weighted by Crippen LogP contribution is 2.13. The molecule has 0 heterocycles. The summed E-state index contributed by atoms with van der Waals surface area (Å²) in [6.45, 7) is 3.44. The monoisotopic (exact) mass is 250 g/mol. The van der Waals surface area contributed by atoms with Crippen molar-refractivity contribution >= 4 is 11.6 Å². The summed E-state index contributed by atoms with van der Waals surface area (Å²) in [4.78, 5) is 15.6. The molecule has 1 aromatic rings. The molecule has 18 heavy (non-hydrogen) atoms. The molecule has 0 saturated heterocycles. The van der Waals surface area contributed by atoms with Crippen LogP contribution in [0, 0.1) is 0 Å². The number of nitrogens with zero attached hydrogens (tertiary/aromatic N) is 2. The van der Waals surface area contributed by atoms with Gasteiger partial charge in [0.25, 0.3) is 0 Å². The number of hydrogen-bond donors (Lipinski definition) is 0. The molecule has 0 unspecified atom stereocenters. The van der Waals surface area contributed by atoms with Gasteiger partial charge in [-0.15, -0.1) is 0 Å². The molecule has 100 valence electrons. The van der Waals surface area contributed by atoms with Crippen molar-refractivity contribution < 1.29 is 9.53 Å². The lowest BCUT2D eigenvalue weighted by Crippen LogP contribution is -2.33. The molecule has 0 radical (unpaired) electrons. The van der Waals surface area contributed by atoms with Crippen LogP contribution in [0.3, 0.4) is 0 Å². The first-order chi connectivity index (χ1) is 8.58. The highest BCUT2D eigenvalue weighted by Gasteiger charge is 2.11. The van der Waals surface area contributed by atoms with Crippen LogP contribution in [0.1, 0.15) is 12.5 Å². The second-order valence-corrected chi connectivity index (χ2v) is 4.40. The summed E-state index contributed by atoms with van der Waals surface area (Å²) in [5.41, 5.74) is 2.29. The third kappa shape index (κ3) is 4.04. The van der Waals surface area contributed by atoms with Crippen molar-refractivity contribution in [1.29, 1.82) is 0 Å². The fourth-order valence-electron chi connectivity index (χ4n) is 1.71. The molecule has 0 aliphatic carbocycles. The van der Waals surface area contributed by atoms with E-state index in [-0.39, 0.29) is 12.5 Å². The van der Waals surface area contributed by atoms with Gasteiger partial charge in [-0.3, -0.25) is 4.79 Å². The van der Waals surface area contributed by atoms with E-state index in [1.165, 1.54) is 7.11 Å². The van der Waals surface area contributed by atoms with Gasteiger partial charge in [-0.25, -0.2) is 0 Å². The van der Waals surface area contributed by atoms with Gasteiger partial charge < -0.3 is 14.5 Å². The number of methoxy groups -OCH3 is 1. The lowest BCUT2D eigenvalue weighted by Gasteiger charge is -2.21. The Labute approximate surface area is 109 Å². The second-order valence-electron chi connectivity index (χ2n) is 4.40. The molecule has 0 spiro atoms. The van der Waals surface area contributed by atoms with Crippen molar-refractivity contribution in [3.63, 3.8) is 0 Å². The topological polar surface area (TPSA) is 32.8 Å². The van der Waals surface area contributed by atoms with Crippen LogP contribution in [-0.4, -0.2) is 45.2 Å². The molecule has 4 heteroatoms. The molecule has 1 rings (SSSR count). The van der Waals surface area contributed by atoms with Gasteiger partial charge >= 0.3 is 0 Å². The Morgan fingerprint density at radius 3 is 2.28 bits per heavy atom. The van der Waals surface area contributed by atoms with Crippen LogP contribution >= 0.6 is 0 Å². The van der Waals surface area contributed by atoms with Crippen LogP contribution in [0.5, 0.6) is 0 Å². The first-order valence-electron chi connectivity index (χ1n) is 6.11. The van der Waals surface area contributed by atoms with Crippen LogP contribution in [-0.2, 0) is 16.1 Å². The molecule has 0 fully saturated rings. The highest BCUT2D eigenvalue weighted by molar-refractivity contribution is 5.77. The van der Waals surface area contributed by atoms with Gasteiger partial charge in [-0.2, -0.15) is 0 Å². The minimum atomic E-state index is 0.0247. The van der Waals surface area contributed by atoms with Crippen LogP contribution in [0.15, 0.2) is 24.3 Å². The number of benzene rings is 1. The molecule has 0 aromatic heterocycles. The van der Waals surface area contributed by atoms with Crippen LogP contribution in [0.4, 0.5) is 5.69 Å². The number of hydrogen-bond acceptors (Lipinski definition) is 3. The average Bonchev–Trinajstić information content (AvgIpc) is 2.36. The lowest BCUT2D eigenvalue weighted by molar-refractivity contribution is -0.135. The summed E-state index contributed by atoms with van der Waals surface area (Å²) >= 11 is 0. The van der Waals surface area contributed by atoms with E-state index in [4.69, 9.17) is 4.74 Å². The molecule has 0 aliphatic heterocycles. The third-order valence-electron chi connectivity index (χ3n) is 2.83. The van der Waals surface area contributed by atoms with Gasteiger partial charge in [-0.1, -0.05) is 12.1 Å². The predicted molar refractivity (Wildman–Crippen MR) is 73.7 cm³/mol. The zero-order valence-electron chi connectivity index (χ0n) is 11.6. The third-order valence-corrected chi connectivity index (χ3v) is 2.83. The van der Waals surface area contributed by atoms with Crippen molar-refractivity contribution in [2.24, 2.45) is 0 Å². The van der Waals surface area contributed by atoms with Gasteiger partial charge in [0, 0.05) is 40.0 Å². The maximum Gasteiger partial charge on any atom is 0.248 e. The number of anilines is 1. The first kappa shape index (κ1) is 14.5. The van der Waals surface area contributed by atoms with E-state index in [1.54, 1.807) is 4.90 Å². The number of ether oxygens (including phenoxy) is 1. The van der Waals surface area contributed by atoms with E-state index >= 15 is 0 Å². The Balaban J connectivity index is 2.67. The number of amides is 1. The summed E-state index contributed by atoms with van der Waals surface area (Å²) in [5.74, 6) is 0.0247. The fraction of sp³-hybridized carbons (Fsp3) is 0.500. The molecule has 0 atom stereocenters. The standard InChI is InChI=1S/C14H22N2O2/c1-5-16(14(17)11-18-4)10-12-6-8-13(9-7-12)15(2)3/h6-9H,5,10-11H2,1-4H3. The summed E-state index contributed by atoms with van der Waals surface area (Å²) in [6, 6.07) is 8.23. The summed E-state index contributed by atoms with van der Waals surface area (Å²) in [5, 5.41) is 0. The van der Waals surface area contributed by atoms with E-state index in [0.717, 1.165) is 11.3 Å². The Hall–Kier alpha value is -1.55. The largest absolute Gasteiger partial charge is 0.378 e. The second kappa shape index (κ2) is 7.01. The molecular weight excluding hydrogens is 228 g/mol. The molecule has 0 bridgehead atoms. The molecule has 4 nitrogen and oxygen atoms in total. The van der Waals surface area contributed by atoms with Gasteiger partial charge in [-0.05, 0) is 24.6 Å². The fourth-order valence-corrected chi connectivity index (χ4v) is 1.71. The van der Waals surface area contributed by atoms with Crippen LogP contribution < -0.4 is 4.90 Å². The lowest BCUT2D eigenvalue weighted by atomic mass is 10.2. The van der Waals surface area contributed by atoms with E-state index < -0.39 is 0 Å². The highest BCUT2D eigenvalue weighted by atomic mass is 16.5. The van der Waals surface area contributed by atoms with E-state index in [1.807, 2.05) is 21.0 Å². The molecule has 0 N–H and O–H groups in total. The first-order valence-corrected chi connectivity index (χ1v) is 6.11. The normalized spacial score (nSPS) is 10.2. The molecule has 1 amide bonds. The Morgan fingerprint density at radius 1 is 1.22 bits per heavy atom. The molecule has 0 aliphatic rings. The number of rotatable bonds is 6.